The largest absolute Gasteiger partial charge is 0.323 e. The second kappa shape index (κ2) is 5.39. The normalized spacial score (nSPS) is 12.9. The van der Waals surface area contributed by atoms with E-state index in [-0.39, 0.29) is 6.04 Å². The molecular weight excluding hydrogens is 234 g/mol. The van der Waals surface area contributed by atoms with Gasteiger partial charge >= 0.3 is 0 Å². The van der Waals surface area contributed by atoms with Gasteiger partial charge in [0.2, 0.25) is 0 Å². The maximum Gasteiger partial charge on any atom is 0.0897 e. The Labute approximate surface area is 105 Å². The summed E-state index contributed by atoms with van der Waals surface area (Å²) in [4.78, 5) is 5.45. The van der Waals surface area contributed by atoms with Crippen LogP contribution >= 0.6 is 11.3 Å². The topological polar surface area (TPSA) is 68.8 Å². The molecule has 2 heterocycles. The van der Waals surface area contributed by atoms with E-state index >= 15 is 0 Å². The van der Waals surface area contributed by atoms with Crippen molar-refractivity contribution in [3.05, 3.63) is 34.0 Å². The summed E-state index contributed by atoms with van der Waals surface area (Å²) < 4.78 is 1.77. The van der Waals surface area contributed by atoms with Crippen molar-refractivity contribution >= 4 is 11.3 Å². The molecule has 1 unspecified atom stereocenters. The molecule has 0 aliphatic carbocycles. The zero-order valence-corrected chi connectivity index (χ0v) is 10.9. The molecule has 92 valence electrons. The molecule has 2 aromatic heterocycles. The molecule has 0 aromatic carbocycles. The number of nitrogens with one attached hydrogen (secondary N) is 1. The fraction of sp³-hybridized carbons (Fsp3) is 0.455. The van der Waals surface area contributed by atoms with E-state index in [1.165, 1.54) is 4.88 Å². The molecular formula is C11H17N5S. The van der Waals surface area contributed by atoms with Crippen LogP contribution in [0, 0.1) is 6.92 Å². The first-order valence-corrected chi connectivity index (χ1v) is 6.33. The molecule has 0 saturated carbocycles. The van der Waals surface area contributed by atoms with Crippen LogP contribution in [0.1, 0.15) is 21.5 Å². The minimum Gasteiger partial charge on any atom is -0.323 e. The van der Waals surface area contributed by atoms with Gasteiger partial charge in [0, 0.05) is 49.0 Å². The summed E-state index contributed by atoms with van der Waals surface area (Å²) in [5, 5.41) is 8.53. The highest BCUT2D eigenvalue weighted by molar-refractivity contribution is 7.11. The van der Waals surface area contributed by atoms with Gasteiger partial charge < -0.3 is 11.1 Å². The zero-order valence-electron chi connectivity index (χ0n) is 10.1. The summed E-state index contributed by atoms with van der Waals surface area (Å²) >= 11 is 1.71. The average Bonchev–Trinajstić information content (AvgIpc) is 2.88. The number of hydrogen-bond donors (Lipinski definition) is 2. The third-order valence-corrected chi connectivity index (χ3v) is 3.40. The van der Waals surface area contributed by atoms with E-state index in [1.54, 1.807) is 16.0 Å². The molecule has 2 rings (SSSR count). The van der Waals surface area contributed by atoms with Crippen LogP contribution in [0.2, 0.25) is 0 Å². The third-order valence-electron chi connectivity index (χ3n) is 2.49. The minimum absolute atomic E-state index is 0.0160. The molecule has 0 bridgehead atoms. The Hall–Kier alpha value is -1.24. The lowest BCUT2D eigenvalue weighted by atomic mass is 10.2. The molecule has 2 aromatic rings. The van der Waals surface area contributed by atoms with Crippen molar-refractivity contribution in [1.29, 1.82) is 0 Å². The van der Waals surface area contributed by atoms with Crippen molar-refractivity contribution < 1.29 is 0 Å². The van der Waals surface area contributed by atoms with Gasteiger partial charge in [-0.2, -0.15) is 5.10 Å². The maximum absolute atomic E-state index is 6.05. The van der Waals surface area contributed by atoms with E-state index in [2.05, 4.69) is 15.4 Å². The highest BCUT2D eigenvalue weighted by Crippen LogP contribution is 2.11. The van der Waals surface area contributed by atoms with Crippen molar-refractivity contribution in [1.82, 2.24) is 20.1 Å². The van der Waals surface area contributed by atoms with Crippen LogP contribution in [0.25, 0.3) is 0 Å². The average molecular weight is 251 g/mol. The van der Waals surface area contributed by atoms with Crippen LogP contribution in [0.4, 0.5) is 0 Å². The number of aryl methyl sites for hydroxylation is 2. The summed E-state index contributed by atoms with van der Waals surface area (Å²) in [6.07, 6.45) is 5.66. The molecule has 0 aliphatic heterocycles. The zero-order chi connectivity index (χ0) is 12.3. The van der Waals surface area contributed by atoms with Gasteiger partial charge in [0.05, 0.1) is 11.2 Å². The maximum atomic E-state index is 6.05. The predicted octanol–water partition coefficient (Wildman–Crippen LogP) is 0.975. The van der Waals surface area contributed by atoms with Gasteiger partial charge in [-0.3, -0.25) is 4.68 Å². The highest BCUT2D eigenvalue weighted by atomic mass is 32.1. The first-order chi connectivity index (χ1) is 8.15. The number of aromatic nitrogens is 3. The SMILES string of the molecule is Cc1ncc(CNCC(N)c2cnn(C)c2)s1. The van der Waals surface area contributed by atoms with Crippen LogP contribution < -0.4 is 11.1 Å². The first-order valence-electron chi connectivity index (χ1n) is 5.51. The molecule has 6 heteroatoms. The number of thiazole rings is 1. The minimum atomic E-state index is -0.0160. The van der Waals surface area contributed by atoms with Crippen molar-refractivity contribution in [3.63, 3.8) is 0 Å². The quantitative estimate of drug-likeness (QED) is 0.831. The van der Waals surface area contributed by atoms with E-state index in [1.807, 2.05) is 32.6 Å². The van der Waals surface area contributed by atoms with Gasteiger partial charge in [-0.25, -0.2) is 4.98 Å². The predicted molar refractivity (Wildman–Crippen MR) is 68.7 cm³/mol. The standard InChI is InChI=1S/C11H17N5S/c1-8-14-5-10(17-8)4-13-6-11(12)9-3-15-16(2)7-9/h3,5,7,11,13H,4,6,12H2,1-2H3. The smallest absolute Gasteiger partial charge is 0.0897 e. The van der Waals surface area contributed by atoms with Gasteiger partial charge in [0.25, 0.3) is 0 Å². The Morgan fingerprint density at radius 1 is 1.53 bits per heavy atom. The van der Waals surface area contributed by atoms with Crippen molar-refractivity contribution in [2.45, 2.75) is 19.5 Å². The van der Waals surface area contributed by atoms with Gasteiger partial charge in [-0.1, -0.05) is 0 Å². The lowest BCUT2D eigenvalue weighted by molar-refractivity contribution is 0.600. The second-order valence-corrected chi connectivity index (χ2v) is 5.35. The van der Waals surface area contributed by atoms with Crippen LogP contribution in [0.3, 0.4) is 0 Å². The Morgan fingerprint density at radius 3 is 2.94 bits per heavy atom. The van der Waals surface area contributed by atoms with Crippen molar-refractivity contribution in [3.8, 4) is 0 Å². The Kier molecular flexibility index (Phi) is 3.88. The molecule has 0 amide bonds. The summed E-state index contributed by atoms with van der Waals surface area (Å²) in [5.74, 6) is 0. The molecule has 3 N–H and O–H groups in total. The van der Waals surface area contributed by atoms with E-state index < -0.39 is 0 Å². The number of nitrogens with two attached hydrogens (primary N) is 1. The Bertz CT molecular complexity index is 476. The van der Waals surface area contributed by atoms with Gasteiger partial charge in [-0.15, -0.1) is 11.3 Å². The van der Waals surface area contributed by atoms with E-state index in [0.29, 0.717) is 0 Å². The van der Waals surface area contributed by atoms with E-state index in [9.17, 15) is 0 Å². The second-order valence-electron chi connectivity index (χ2n) is 4.03. The third kappa shape index (κ3) is 3.36. The van der Waals surface area contributed by atoms with Gasteiger partial charge in [-0.05, 0) is 6.92 Å². The number of hydrogen-bond acceptors (Lipinski definition) is 5. The summed E-state index contributed by atoms with van der Waals surface area (Å²) in [6, 6.07) is -0.0160. The fourth-order valence-electron chi connectivity index (χ4n) is 1.59. The van der Waals surface area contributed by atoms with Crippen LogP contribution in [0.15, 0.2) is 18.6 Å². The molecule has 0 saturated heterocycles. The van der Waals surface area contributed by atoms with Crippen molar-refractivity contribution in [2.75, 3.05) is 6.54 Å². The number of nitrogens with zero attached hydrogens (tertiary/aromatic N) is 3. The van der Waals surface area contributed by atoms with Crippen molar-refractivity contribution in [2.24, 2.45) is 12.8 Å². The number of rotatable bonds is 5. The monoisotopic (exact) mass is 251 g/mol. The summed E-state index contributed by atoms with van der Waals surface area (Å²) in [6.45, 7) is 3.57. The molecule has 5 nitrogen and oxygen atoms in total. The van der Waals surface area contributed by atoms with Crippen LogP contribution in [-0.4, -0.2) is 21.3 Å². The van der Waals surface area contributed by atoms with E-state index in [0.717, 1.165) is 23.7 Å². The molecule has 1 atom stereocenters. The molecule has 0 radical (unpaired) electrons. The lowest BCUT2D eigenvalue weighted by Crippen LogP contribution is -2.26. The van der Waals surface area contributed by atoms with Gasteiger partial charge in [0.15, 0.2) is 0 Å². The van der Waals surface area contributed by atoms with Gasteiger partial charge in [0.1, 0.15) is 0 Å². The molecule has 0 spiro atoms. The molecule has 0 fully saturated rings. The lowest BCUT2D eigenvalue weighted by Gasteiger charge is -2.09. The van der Waals surface area contributed by atoms with E-state index in [4.69, 9.17) is 5.73 Å². The summed E-state index contributed by atoms with van der Waals surface area (Å²) in [7, 11) is 1.89. The van der Waals surface area contributed by atoms with Crippen LogP contribution in [-0.2, 0) is 13.6 Å². The fourth-order valence-corrected chi connectivity index (χ4v) is 2.35. The molecule has 17 heavy (non-hydrogen) atoms. The summed E-state index contributed by atoms with van der Waals surface area (Å²) in [5.41, 5.74) is 7.11. The van der Waals surface area contributed by atoms with Crippen LogP contribution in [0.5, 0.6) is 0 Å². The highest BCUT2D eigenvalue weighted by Gasteiger charge is 2.07. The Balaban J connectivity index is 1.78. The Morgan fingerprint density at radius 2 is 2.35 bits per heavy atom. The molecule has 0 aliphatic rings. The first kappa shape index (κ1) is 12.2.